The maximum atomic E-state index is 12.4. The molecule has 1 aromatic carbocycles. The Bertz CT molecular complexity index is 594. The summed E-state index contributed by atoms with van der Waals surface area (Å²) in [5, 5.41) is 0. The van der Waals surface area contributed by atoms with Crippen molar-refractivity contribution < 1.29 is 13.2 Å². The first-order chi connectivity index (χ1) is 9.96. The molecule has 1 heterocycles. The van der Waals surface area contributed by atoms with Gasteiger partial charge in [0.25, 0.3) is 0 Å². The van der Waals surface area contributed by atoms with Crippen LogP contribution in [0, 0.1) is 5.92 Å². The predicted molar refractivity (Wildman–Crippen MR) is 86.6 cm³/mol. The summed E-state index contributed by atoms with van der Waals surface area (Å²) in [7, 11) is -1.99. The van der Waals surface area contributed by atoms with Gasteiger partial charge in [-0.3, -0.25) is 4.72 Å². The SMILES string of the molecule is COc1ccc(NS(=O)(=O)N2CCCC(CN)C2)cc1Br. The summed E-state index contributed by atoms with van der Waals surface area (Å²) in [6.07, 6.45) is 1.83. The minimum atomic E-state index is -3.55. The van der Waals surface area contributed by atoms with Gasteiger partial charge in [0.15, 0.2) is 0 Å². The van der Waals surface area contributed by atoms with E-state index < -0.39 is 10.2 Å². The van der Waals surface area contributed by atoms with E-state index in [4.69, 9.17) is 10.5 Å². The smallest absolute Gasteiger partial charge is 0.301 e. The van der Waals surface area contributed by atoms with Gasteiger partial charge in [-0.2, -0.15) is 12.7 Å². The van der Waals surface area contributed by atoms with Gasteiger partial charge < -0.3 is 10.5 Å². The Hall–Kier alpha value is -0.830. The lowest BCUT2D eigenvalue weighted by molar-refractivity contribution is 0.273. The Balaban J connectivity index is 2.11. The van der Waals surface area contributed by atoms with Crippen LogP contribution in [0.5, 0.6) is 5.75 Å². The van der Waals surface area contributed by atoms with Crippen LogP contribution in [0.2, 0.25) is 0 Å². The van der Waals surface area contributed by atoms with Crippen LogP contribution in [0.15, 0.2) is 22.7 Å². The van der Waals surface area contributed by atoms with Gasteiger partial charge >= 0.3 is 10.2 Å². The van der Waals surface area contributed by atoms with E-state index in [1.807, 2.05) is 0 Å². The molecule has 21 heavy (non-hydrogen) atoms. The molecule has 1 unspecified atom stereocenters. The van der Waals surface area contributed by atoms with Crippen LogP contribution in [0.1, 0.15) is 12.8 Å². The first-order valence-corrected chi connectivity index (χ1v) is 9.01. The number of rotatable bonds is 5. The second-order valence-electron chi connectivity index (χ2n) is 5.06. The van der Waals surface area contributed by atoms with Gasteiger partial charge in [-0.1, -0.05) is 0 Å². The Labute approximate surface area is 134 Å². The van der Waals surface area contributed by atoms with E-state index in [0.717, 1.165) is 12.8 Å². The van der Waals surface area contributed by atoms with Crippen molar-refractivity contribution in [1.82, 2.24) is 4.31 Å². The molecule has 0 bridgehead atoms. The van der Waals surface area contributed by atoms with E-state index in [0.29, 0.717) is 35.5 Å². The van der Waals surface area contributed by atoms with Crippen molar-refractivity contribution in [3.63, 3.8) is 0 Å². The summed E-state index contributed by atoms with van der Waals surface area (Å²) < 4.78 is 34.7. The predicted octanol–water partition coefficient (Wildman–Crippen LogP) is 1.79. The zero-order valence-corrected chi connectivity index (χ0v) is 14.3. The highest BCUT2D eigenvalue weighted by Crippen LogP contribution is 2.29. The molecule has 1 atom stereocenters. The van der Waals surface area contributed by atoms with E-state index in [-0.39, 0.29) is 5.92 Å². The van der Waals surface area contributed by atoms with Crippen molar-refractivity contribution >= 4 is 31.8 Å². The summed E-state index contributed by atoms with van der Waals surface area (Å²) >= 11 is 3.34. The summed E-state index contributed by atoms with van der Waals surface area (Å²) in [4.78, 5) is 0. The summed E-state index contributed by atoms with van der Waals surface area (Å²) in [6.45, 7) is 1.52. The van der Waals surface area contributed by atoms with Crippen LogP contribution >= 0.6 is 15.9 Å². The van der Waals surface area contributed by atoms with Gasteiger partial charge in [0.2, 0.25) is 0 Å². The molecule has 0 amide bonds. The second-order valence-corrected chi connectivity index (χ2v) is 7.58. The van der Waals surface area contributed by atoms with Crippen molar-refractivity contribution in [2.24, 2.45) is 11.7 Å². The number of nitrogens with zero attached hydrogens (tertiary/aromatic N) is 1. The summed E-state index contributed by atoms with van der Waals surface area (Å²) in [6, 6.07) is 5.06. The molecule has 1 fully saturated rings. The molecule has 0 radical (unpaired) electrons. The van der Waals surface area contributed by atoms with Crippen LogP contribution in [0.3, 0.4) is 0 Å². The number of nitrogens with two attached hydrogens (primary N) is 1. The molecule has 0 aromatic heterocycles. The lowest BCUT2D eigenvalue weighted by atomic mass is 10.0. The fourth-order valence-electron chi connectivity index (χ4n) is 2.38. The standard InChI is InChI=1S/C13H20BrN3O3S/c1-20-13-5-4-11(7-12(13)14)16-21(18,19)17-6-2-3-10(8-15)9-17/h4-5,7,10,16H,2-3,6,8-9,15H2,1H3. The van der Waals surface area contributed by atoms with Crippen LogP contribution in [-0.2, 0) is 10.2 Å². The number of hydrogen-bond acceptors (Lipinski definition) is 4. The van der Waals surface area contributed by atoms with E-state index in [1.54, 1.807) is 25.3 Å². The highest BCUT2D eigenvalue weighted by molar-refractivity contribution is 9.10. The lowest BCUT2D eigenvalue weighted by Crippen LogP contribution is -2.44. The zero-order valence-electron chi connectivity index (χ0n) is 11.9. The molecule has 0 spiro atoms. The minimum absolute atomic E-state index is 0.234. The third-order valence-corrected chi connectivity index (χ3v) is 5.68. The molecule has 0 saturated carbocycles. The Morgan fingerprint density at radius 1 is 1.52 bits per heavy atom. The van der Waals surface area contributed by atoms with Gasteiger partial charge in [0.1, 0.15) is 5.75 Å². The van der Waals surface area contributed by atoms with E-state index >= 15 is 0 Å². The number of piperidine rings is 1. The summed E-state index contributed by atoms with van der Waals surface area (Å²) in [5.74, 6) is 0.886. The molecule has 0 aliphatic carbocycles. The van der Waals surface area contributed by atoms with Crippen molar-refractivity contribution in [2.45, 2.75) is 12.8 Å². The average molecular weight is 378 g/mol. The normalized spacial score (nSPS) is 20.2. The minimum Gasteiger partial charge on any atom is -0.496 e. The molecule has 6 nitrogen and oxygen atoms in total. The Morgan fingerprint density at radius 2 is 2.29 bits per heavy atom. The third-order valence-electron chi connectivity index (χ3n) is 3.55. The fraction of sp³-hybridized carbons (Fsp3) is 0.538. The van der Waals surface area contributed by atoms with E-state index in [1.165, 1.54) is 4.31 Å². The largest absolute Gasteiger partial charge is 0.496 e. The summed E-state index contributed by atoms with van der Waals surface area (Å²) in [5.41, 5.74) is 6.15. The Morgan fingerprint density at radius 3 is 2.90 bits per heavy atom. The van der Waals surface area contributed by atoms with Gasteiger partial charge in [0, 0.05) is 13.1 Å². The average Bonchev–Trinajstić information content (AvgIpc) is 2.47. The molecule has 118 valence electrons. The van der Waals surface area contributed by atoms with Crippen LogP contribution in [-0.4, -0.2) is 39.5 Å². The van der Waals surface area contributed by atoms with Crippen molar-refractivity contribution in [2.75, 3.05) is 31.5 Å². The van der Waals surface area contributed by atoms with E-state index in [9.17, 15) is 8.42 Å². The number of ether oxygens (including phenoxy) is 1. The molecular weight excluding hydrogens is 358 g/mol. The lowest BCUT2D eigenvalue weighted by Gasteiger charge is -2.31. The molecular formula is C13H20BrN3O3S. The number of hydrogen-bond donors (Lipinski definition) is 2. The number of nitrogens with one attached hydrogen (secondary N) is 1. The highest BCUT2D eigenvalue weighted by atomic mass is 79.9. The number of anilines is 1. The number of halogens is 1. The molecule has 1 aromatic rings. The molecule has 1 aliphatic heterocycles. The van der Waals surface area contributed by atoms with Gasteiger partial charge in [-0.25, -0.2) is 0 Å². The van der Waals surface area contributed by atoms with Crippen LogP contribution in [0.4, 0.5) is 5.69 Å². The quantitative estimate of drug-likeness (QED) is 0.818. The molecule has 2 rings (SSSR count). The first kappa shape index (κ1) is 16.5. The molecule has 8 heteroatoms. The molecule has 1 saturated heterocycles. The second kappa shape index (κ2) is 6.95. The Kier molecular flexibility index (Phi) is 5.48. The molecule has 3 N–H and O–H groups in total. The first-order valence-electron chi connectivity index (χ1n) is 6.77. The maximum absolute atomic E-state index is 12.4. The number of methoxy groups -OCH3 is 1. The van der Waals surface area contributed by atoms with Gasteiger partial charge in [-0.15, -0.1) is 0 Å². The van der Waals surface area contributed by atoms with Crippen molar-refractivity contribution in [3.8, 4) is 5.75 Å². The van der Waals surface area contributed by atoms with Crippen LogP contribution in [0.25, 0.3) is 0 Å². The molecule has 1 aliphatic rings. The fourth-order valence-corrected chi connectivity index (χ4v) is 4.25. The van der Waals surface area contributed by atoms with Gasteiger partial charge in [0.05, 0.1) is 17.3 Å². The van der Waals surface area contributed by atoms with Crippen molar-refractivity contribution in [1.29, 1.82) is 0 Å². The maximum Gasteiger partial charge on any atom is 0.301 e. The third kappa shape index (κ3) is 4.09. The highest BCUT2D eigenvalue weighted by Gasteiger charge is 2.28. The van der Waals surface area contributed by atoms with Crippen LogP contribution < -0.4 is 15.2 Å². The van der Waals surface area contributed by atoms with Gasteiger partial charge in [-0.05, 0) is 59.4 Å². The topological polar surface area (TPSA) is 84.7 Å². The zero-order chi connectivity index (χ0) is 15.5. The van der Waals surface area contributed by atoms with E-state index in [2.05, 4.69) is 20.7 Å². The van der Waals surface area contributed by atoms with Crippen molar-refractivity contribution in [3.05, 3.63) is 22.7 Å². The monoisotopic (exact) mass is 377 g/mol. The number of benzene rings is 1.